The molecule has 1 fully saturated rings. The van der Waals surface area contributed by atoms with Crippen LogP contribution in [-0.2, 0) is 0 Å². The van der Waals surface area contributed by atoms with Crippen LogP contribution in [0.25, 0.3) is 0 Å². The number of hydrogen-bond acceptors (Lipinski definition) is 6. The molecule has 94 valence electrons. The summed E-state index contributed by atoms with van der Waals surface area (Å²) in [7, 11) is 3.12. The van der Waals surface area contributed by atoms with Gasteiger partial charge in [0.1, 0.15) is 5.69 Å². The van der Waals surface area contributed by atoms with Gasteiger partial charge in [-0.05, 0) is 23.8 Å². The molecule has 0 aromatic carbocycles. The zero-order chi connectivity index (χ0) is 12.3. The molecule has 0 spiro atoms. The molecule has 0 saturated carbocycles. The third-order valence-corrected chi connectivity index (χ3v) is 4.12. The molecule has 0 aliphatic carbocycles. The number of thioether (sulfide) groups is 1. The van der Waals surface area contributed by atoms with Crippen LogP contribution in [0.5, 0.6) is 11.8 Å². The molecule has 0 bridgehead atoms. The molecule has 1 aliphatic rings. The molecule has 1 aliphatic heterocycles. The molecule has 1 aromatic heterocycles. The third-order valence-electron chi connectivity index (χ3n) is 2.94. The Kier molecular flexibility index (Phi) is 4.06. The molecule has 17 heavy (non-hydrogen) atoms. The van der Waals surface area contributed by atoms with Gasteiger partial charge in [-0.2, -0.15) is 16.7 Å². The topological polar surface area (TPSA) is 70.3 Å². The fraction of sp³-hybridized carbons (Fsp3) is 0.636. The maximum absolute atomic E-state index is 6.23. The molecule has 5 nitrogen and oxygen atoms in total. The van der Waals surface area contributed by atoms with E-state index in [1.54, 1.807) is 20.4 Å². The standard InChI is InChI=1S/C11H17N3O2S/c1-15-8-5-13-10(11(14-8)16-2)9(12)7-3-4-17-6-7/h5,7,9H,3-4,6,12H2,1-2H3. The summed E-state index contributed by atoms with van der Waals surface area (Å²) in [6.45, 7) is 0. The lowest BCUT2D eigenvalue weighted by molar-refractivity contribution is 0.346. The summed E-state index contributed by atoms with van der Waals surface area (Å²) in [5, 5.41) is 0. The summed E-state index contributed by atoms with van der Waals surface area (Å²) in [6, 6.07) is -0.113. The number of ether oxygens (including phenoxy) is 2. The van der Waals surface area contributed by atoms with Crippen molar-refractivity contribution in [1.82, 2.24) is 9.97 Å². The summed E-state index contributed by atoms with van der Waals surface area (Å²) >= 11 is 1.93. The van der Waals surface area contributed by atoms with Crippen molar-refractivity contribution in [3.05, 3.63) is 11.9 Å². The molecular weight excluding hydrogens is 238 g/mol. The molecule has 2 unspecified atom stereocenters. The van der Waals surface area contributed by atoms with E-state index in [2.05, 4.69) is 9.97 Å². The lowest BCUT2D eigenvalue weighted by atomic mass is 9.97. The average molecular weight is 255 g/mol. The first-order valence-corrected chi connectivity index (χ1v) is 6.70. The van der Waals surface area contributed by atoms with Crippen molar-refractivity contribution in [3.8, 4) is 11.8 Å². The maximum atomic E-state index is 6.23. The van der Waals surface area contributed by atoms with Crippen LogP contribution in [0.1, 0.15) is 18.2 Å². The van der Waals surface area contributed by atoms with E-state index >= 15 is 0 Å². The summed E-state index contributed by atoms with van der Waals surface area (Å²) in [4.78, 5) is 8.53. The summed E-state index contributed by atoms with van der Waals surface area (Å²) in [5.41, 5.74) is 6.95. The van der Waals surface area contributed by atoms with Gasteiger partial charge in [-0.3, -0.25) is 0 Å². The molecule has 1 saturated heterocycles. The normalized spacial score (nSPS) is 21.2. The van der Waals surface area contributed by atoms with Gasteiger partial charge in [0.15, 0.2) is 0 Å². The predicted octanol–water partition coefficient (Wildman–Crippen LogP) is 1.25. The zero-order valence-electron chi connectivity index (χ0n) is 10.0. The molecule has 0 amide bonds. The minimum absolute atomic E-state index is 0.113. The predicted molar refractivity (Wildman–Crippen MR) is 67.5 cm³/mol. The first kappa shape index (κ1) is 12.4. The molecule has 2 N–H and O–H groups in total. The summed E-state index contributed by atoms with van der Waals surface area (Å²) < 4.78 is 10.2. The van der Waals surface area contributed by atoms with E-state index in [4.69, 9.17) is 15.2 Å². The van der Waals surface area contributed by atoms with Gasteiger partial charge in [-0.15, -0.1) is 0 Å². The van der Waals surface area contributed by atoms with Crippen LogP contribution < -0.4 is 15.2 Å². The molecular formula is C11H17N3O2S. The Balaban J connectivity index is 2.23. The van der Waals surface area contributed by atoms with E-state index in [1.807, 2.05) is 11.8 Å². The zero-order valence-corrected chi connectivity index (χ0v) is 10.9. The molecule has 2 heterocycles. The largest absolute Gasteiger partial charge is 0.480 e. The minimum atomic E-state index is -0.113. The van der Waals surface area contributed by atoms with Crippen molar-refractivity contribution in [1.29, 1.82) is 0 Å². The average Bonchev–Trinajstić information content (AvgIpc) is 2.91. The molecule has 1 aromatic rings. The molecule has 2 atom stereocenters. The van der Waals surface area contributed by atoms with E-state index in [0.29, 0.717) is 17.7 Å². The fourth-order valence-corrected chi connectivity index (χ4v) is 3.22. The monoisotopic (exact) mass is 255 g/mol. The van der Waals surface area contributed by atoms with Crippen LogP contribution in [0.15, 0.2) is 6.20 Å². The molecule has 0 radical (unpaired) electrons. The van der Waals surface area contributed by atoms with Crippen LogP contribution in [-0.4, -0.2) is 35.7 Å². The van der Waals surface area contributed by atoms with Gasteiger partial charge < -0.3 is 15.2 Å². The number of rotatable bonds is 4. The van der Waals surface area contributed by atoms with Crippen molar-refractivity contribution >= 4 is 11.8 Å². The van der Waals surface area contributed by atoms with Crippen molar-refractivity contribution < 1.29 is 9.47 Å². The lowest BCUT2D eigenvalue weighted by Crippen LogP contribution is -2.23. The van der Waals surface area contributed by atoms with Gasteiger partial charge >= 0.3 is 0 Å². The summed E-state index contributed by atoms with van der Waals surface area (Å²) in [5.74, 6) is 3.62. The Morgan fingerprint density at radius 3 is 2.88 bits per heavy atom. The van der Waals surface area contributed by atoms with Crippen molar-refractivity contribution in [2.75, 3.05) is 25.7 Å². The van der Waals surface area contributed by atoms with Crippen LogP contribution in [0.4, 0.5) is 0 Å². The quantitative estimate of drug-likeness (QED) is 0.873. The van der Waals surface area contributed by atoms with Crippen molar-refractivity contribution in [2.45, 2.75) is 12.5 Å². The second kappa shape index (κ2) is 5.55. The fourth-order valence-electron chi connectivity index (χ4n) is 1.90. The lowest BCUT2D eigenvalue weighted by Gasteiger charge is -2.19. The molecule has 2 rings (SSSR count). The van der Waals surface area contributed by atoms with E-state index in [9.17, 15) is 0 Å². The highest BCUT2D eigenvalue weighted by molar-refractivity contribution is 7.99. The second-order valence-corrected chi connectivity index (χ2v) is 5.11. The van der Waals surface area contributed by atoms with Crippen LogP contribution in [0.3, 0.4) is 0 Å². The van der Waals surface area contributed by atoms with Gasteiger partial charge in [0.2, 0.25) is 11.8 Å². The smallest absolute Gasteiger partial charge is 0.240 e. The van der Waals surface area contributed by atoms with Gasteiger partial charge in [0.25, 0.3) is 0 Å². The van der Waals surface area contributed by atoms with E-state index in [1.165, 1.54) is 5.75 Å². The number of hydrogen-bond donors (Lipinski definition) is 1. The second-order valence-electron chi connectivity index (χ2n) is 3.96. The van der Waals surface area contributed by atoms with Crippen molar-refractivity contribution in [2.24, 2.45) is 11.7 Å². The Morgan fingerprint density at radius 2 is 2.29 bits per heavy atom. The SMILES string of the molecule is COc1cnc(C(N)C2CCSC2)c(OC)n1. The summed E-state index contributed by atoms with van der Waals surface area (Å²) in [6.07, 6.45) is 2.71. The number of aromatic nitrogens is 2. The van der Waals surface area contributed by atoms with E-state index in [0.717, 1.165) is 17.9 Å². The van der Waals surface area contributed by atoms with Crippen LogP contribution in [0, 0.1) is 5.92 Å². The highest BCUT2D eigenvalue weighted by atomic mass is 32.2. The number of nitrogens with zero attached hydrogens (tertiary/aromatic N) is 2. The maximum Gasteiger partial charge on any atom is 0.240 e. The Morgan fingerprint density at radius 1 is 1.47 bits per heavy atom. The number of nitrogens with two attached hydrogens (primary N) is 1. The Hall–Kier alpha value is -1.01. The van der Waals surface area contributed by atoms with Crippen LogP contribution in [0.2, 0.25) is 0 Å². The van der Waals surface area contributed by atoms with E-state index in [-0.39, 0.29) is 6.04 Å². The van der Waals surface area contributed by atoms with Gasteiger partial charge in [-0.1, -0.05) is 0 Å². The number of methoxy groups -OCH3 is 2. The van der Waals surface area contributed by atoms with Crippen LogP contribution >= 0.6 is 11.8 Å². The van der Waals surface area contributed by atoms with Gasteiger partial charge in [0.05, 0.1) is 26.5 Å². The Labute approximate surface area is 105 Å². The highest BCUT2D eigenvalue weighted by Gasteiger charge is 2.27. The first-order chi connectivity index (χ1) is 8.26. The first-order valence-electron chi connectivity index (χ1n) is 5.54. The van der Waals surface area contributed by atoms with E-state index < -0.39 is 0 Å². The van der Waals surface area contributed by atoms with Gasteiger partial charge in [0, 0.05) is 0 Å². The van der Waals surface area contributed by atoms with Crippen molar-refractivity contribution in [3.63, 3.8) is 0 Å². The third kappa shape index (κ3) is 2.63. The van der Waals surface area contributed by atoms with Gasteiger partial charge in [-0.25, -0.2) is 4.98 Å². The Bertz CT molecular complexity index is 383. The highest BCUT2D eigenvalue weighted by Crippen LogP contribution is 2.34. The molecule has 6 heteroatoms. The minimum Gasteiger partial charge on any atom is -0.480 e.